The van der Waals surface area contributed by atoms with Crippen molar-refractivity contribution >= 4 is 33.2 Å². The fourth-order valence-corrected chi connectivity index (χ4v) is 2.05. The van der Waals surface area contributed by atoms with Gasteiger partial charge in [0.25, 0.3) is 0 Å². The molecule has 2 rings (SSSR count). The minimum atomic E-state index is 0.399. The molecule has 2 aromatic rings. The molecule has 0 atom stereocenters. The molecule has 18 heavy (non-hydrogen) atoms. The maximum Gasteiger partial charge on any atom is 0.233 e. The molecule has 0 bridgehead atoms. The number of aromatic nitrogens is 1. The second kappa shape index (κ2) is 5.46. The minimum absolute atomic E-state index is 0.399. The number of methoxy groups -OCH3 is 1. The van der Waals surface area contributed by atoms with Gasteiger partial charge in [-0.3, -0.25) is 0 Å². The van der Waals surface area contributed by atoms with Crippen molar-refractivity contribution in [3.05, 3.63) is 40.0 Å². The highest BCUT2D eigenvalue weighted by molar-refractivity contribution is 9.10. The van der Waals surface area contributed by atoms with Crippen molar-refractivity contribution in [1.82, 2.24) is 4.98 Å². The third-order valence-electron chi connectivity index (χ3n) is 2.20. The first-order valence-corrected chi connectivity index (χ1v) is 6.19. The standard InChI is InChI=1S/C12H10BrClN2O2/c1-17-8-2-3-11(10(15)5-8)18-12-9(13)4-7(14)6-16-12/h2-6H,15H2,1H3. The Morgan fingerprint density at radius 3 is 2.72 bits per heavy atom. The summed E-state index contributed by atoms with van der Waals surface area (Å²) in [6, 6.07) is 6.86. The van der Waals surface area contributed by atoms with E-state index >= 15 is 0 Å². The molecule has 0 amide bonds. The average Bonchev–Trinajstić information content (AvgIpc) is 2.34. The number of benzene rings is 1. The maximum absolute atomic E-state index is 5.85. The monoisotopic (exact) mass is 328 g/mol. The highest BCUT2D eigenvalue weighted by Crippen LogP contribution is 2.33. The molecule has 1 aromatic carbocycles. The summed E-state index contributed by atoms with van der Waals surface area (Å²) in [5, 5.41) is 0.525. The van der Waals surface area contributed by atoms with Crippen molar-refractivity contribution in [1.29, 1.82) is 0 Å². The maximum atomic E-state index is 5.85. The molecule has 0 radical (unpaired) electrons. The SMILES string of the molecule is COc1ccc(Oc2ncc(Cl)cc2Br)c(N)c1. The fraction of sp³-hybridized carbons (Fsp3) is 0.0833. The van der Waals surface area contributed by atoms with Crippen molar-refractivity contribution in [2.24, 2.45) is 0 Å². The quantitative estimate of drug-likeness (QED) is 0.868. The molecule has 1 heterocycles. The molecular formula is C12H10BrClN2O2. The summed E-state index contributed by atoms with van der Waals surface area (Å²) in [5.41, 5.74) is 6.32. The van der Waals surface area contributed by atoms with E-state index in [-0.39, 0.29) is 0 Å². The number of pyridine rings is 1. The van der Waals surface area contributed by atoms with Crippen LogP contribution in [0.5, 0.6) is 17.4 Å². The minimum Gasteiger partial charge on any atom is -0.497 e. The molecule has 0 aliphatic carbocycles. The zero-order chi connectivity index (χ0) is 13.1. The van der Waals surface area contributed by atoms with Crippen LogP contribution in [0.15, 0.2) is 34.9 Å². The van der Waals surface area contributed by atoms with Crippen molar-refractivity contribution in [3.63, 3.8) is 0 Å². The van der Waals surface area contributed by atoms with Crippen LogP contribution < -0.4 is 15.2 Å². The highest BCUT2D eigenvalue weighted by Gasteiger charge is 2.08. The Bertz CT molecular complexity index is 578. The number of nitrogens with two attached hydrogens (primary N) is 1. The lowest BCUT2D eigenvalue weighted by molar-refractivity contribution is 0.412. The number of anilines is 1. The number of nitrogens with zero attached hydrogens (tertiary/aromatic N) is 1. The molecule has 2 N–H and O–H groups in total. The molecule has 0 fully saturated rings. The van der Waals surface area contributed by atoms with Crippen LogP contribution in [-0.2, 0) is 0 Å². The van der Waals surface area contributed by atoms with Crippen molar-refractivity contribution in [3.8, 4) is 17.4 Å². The van der Waals surface area contributed by atoms with E-state index < -0.39 is 0 Å². The molecule has 0 unspecified atom stereocenters. The van der Waals surface area contributed by atoms with Gasteiger partial charge in [0.05, 0.1) is 22.3 Å². The van der Waals surface area contributed by atoms with Crippen molar-refractivity contribution < 1.29 is 9.47 Å². The molecule has 0 saturated heterocycles. The molecule has 4 nitrogen and oxygen atoms in total. The number of hydrogen-bond acceptors (Lipinski definition) is 4. The van der Waals surface area contributed by atoms with Gasteiger partial charge < -0.3 is 15.2 Å². The van der Waals surface area contributed by atoms with Crippen LogP contribution >= 0.6 is 27.5 Å². The Morgan fingerprint density at radius 2 is 2.11 bits per heavy atom. The molecule has 0 spiro atoms. The van der Waals surface area contributed by atoms with E-state index in [1.807, 2.05) is 0 Å². The van der Waals surface area contributed by atoms with Gasteiger partial charge in [0.2, 0.25) is 5.88 Å². The zero-order valence-corrected chi connectivity index (χ0v) is 11.8. The Kier molecular flexibility index (Phi) is 3.93. The van der Waals surface area contributed by atoms with Crippen LogP contribution in [0.3, 0.4) is 0 Å². The number of hydrogen-bond donors (Lipinski definition) is 1. The lowest BCUT2D eigenvalue weighted by atomic mass is 10.3. The third kappa shape index (κ3) is 2.86. The predicted octanol–water partition coefficient (Wildman–Crippen LogP) is 3.88. The van der Waals surface area contributed by atoms with Crippen LogP contribution in [0.4, 0.5) is 5.69 Å². The molecule has 0 saturated carbocycles. The van der Waals surface area contributed by atoms with Crippen LogP contribution in [0.25, 0.3) is 0 Å². The molecule has 6 heteroatoms. The molecule has 0 aliphatic heterocycles. The summed E-state index contributed by atoms with van der Waals surface area (Å²) < 4.78 is 11.3. The van der Waals surface area contributed by atoms with E-state index in [1.54, 1.807) is 31.4 Å². The zero-order valence-electron chi connectivity index (χ0n) is 9.48. The van der Waals surface area contributed by atoms with Crippen LogP contribution in [0, 0.1) is 0 Å². The van der Waals surface area contributed by atoms with Gasteiger partial charge in [-0.2, -0.15) is 0 Å². The van der Waals surface area contributed by atoms with Gasteiger partial charge in [0.1, 0.15) is 5.75 Å². The van der Waals surface area contributed by atoms with Gasteiger partial charge in [0, 0.05) is 12.3 Å². The summed E-state index contributed by atoms with van der Waals surface area (Å²) >= 11 is 9.12. The first kappa shape index (κ1) is 13.0. The van der Waals surface area contributed by atoms with E-state index in [0.29, 0.717) is 32.6 Å². The second-order valence-corrected chi connectivity index (χ2v) is 4.74. The number of halogens is 2. The summed E-state index contributed by atoms with van der Waals surface area (Å²) in [4.78, 5) is 4.07. The molecule has 0 aliphatic rings. The van der Waals surface area contributed by atoms with E-state index in [1.165, 1.54) is 6.20 Å². The van der Waals surface area contributed by atoms with Crippen LogP contribution in [0.1, 0.15) is 0 Å². The van der Waals surface area contributed by atoms with Crippen molar-refractivity contribution in [2.75, 3.05) is 12.8 Å². The third-order valence-corrected chi connectivity index (χ3v) is 2.97. The van der Waals surface area contributed by atoms with E-state index in [9.17, 15) is 0 Å². The van der Waals surface area contributed by atoms with Crippen LogP contribution in [0.2, 0.25) is 5.02 Å². The smallest absolute Gasteiger partial charge is 0.233 e. The topological polar surface area (TPSA) is 57.4 Å². The summed E-state index contributed by atoms with van der Waals surface area (Å²) in [6.07, 6.45) is 1.50. The van der Waals surface area contributed by atoms with E-state index in [0.717, 1.165) is 0 Å². The first-order chi connectivity index (χ1) is 8.60. The molecule has 1 aromatic heterocycles. The predicted molar refractivity (Wildman–Crippen MR) is 74.4 cm³/mol. The van der Waals surface area contributed by atoms with Gasteiger partial charge in [0.15, 0.2) is 5.75 Å². The average molecular weight is 330 g/mol. The van der Waals surface area contributed by atoms with Gasteiger partial charge >= 0.3 is 0 Å². The first-order valence-electron chi connectivity index (χ1n) is 5.02. The number of nitrogen functional groups attached to an aromatic ring is 1. The molecular weight excluding hydrogens is 320 g/mol. The normalized spacial score (nSPS) is 10.2. The number of ether oxygens (including phenoxy) is 2. The van der Waals surface area contributed by atoms with E-state index in [4.69, 9.17) is 26.8 Å². The van der Waals surface area contributed by atoms with Gasteiger partial charge in [-0.25, -0.2) is 4.98 Å². The van der Waals surface area contributed by atoms with Crippen molar-refractivity contribution in [2.45, 2.75) is 0 Å². The highest BCUT2D eigenvalue weighted by atomic mass is 79.9. The van der Waals surface area contributed by atoms with Gasteiger partial charge in [-0.15, -0.1) is 0 Å². The van der Waals surface area contributed by atoms with Crippen LogP contribution in [-0.4, -0.2) is 12.1 Å². The fourth-order valence-electron chi connectivity index (χ4n) is 1.33. The summed E-state index contributed by atoms with van der Waals surface area (Å²) in [7, 11) is 1.58. The summed E-state index contributed by atoms with van der Waals surface area (Å²) in [6.45, 7) is 0. The van der Waals surface area contributed by atoms with Gasteiger partial charge in [-0.05, 0) is 34.1 Å². The Balaban J connectivity index is 2.28. The molecule has 94 valence electrons. The lowest BCUT2D eigenvalue weighted by Gasteiger charge is -2.10. The lowest BCUT2D eigenvalue weighted by Crippen LogP contribution is -1.95. The van der Waals surface area contributed by atoms with E-state index in [2.05, 4.69) is 20.9 Å². The van der Waals surface area contributed by atoms with Gasteiger partial charge in [-0.1, -0.05) is 11.6 Å². The Morgan fingerprint density at radius 1 is 1.33 bits per heavy atom. The summed E-state index contributed by atoms with van der Waals surface area (Å²) in [5.74, 6) is 1.57. The Hall–Kier alpha value is -1.46. The Labute approximate surface area is 118 Å². The second-order valence-electron chi connectivity index (χ2n) is 3.45. The number of rotatable bonds is 3. The largest absolute Gasteiger partial charge is 0.497 e.